The second kappa shape index (κ2) is 11.0. The number of hydrogen-bond donors (Lipinski definition) is 0. The molecular formula is C3H3Ti-. The Labute approximate surface area is 41.5 Å². The minimum Gasteiger partial charge on any atom is -0.345 e. The van der Waals surface area contributed by atoms with E-state index >= 15 is 0 Å². The molecule has 0 spiro atoms. The zero-order chi connectivity index (χ0) is 2.71. The summed E-state index contributed by atoms with van der Waals surface area (Å²) in [4.78, 5) is 0. The van der Waals surface area contributed by atoms with Crippen LogP contribution in [0, 0.1) is 19.3 Å². The zero-order valence-corrected chi connectivity index (χ0v) is 3.85. The van der Waals surface area contributed by atoms with E-state index in [1.165, 1.54) is 0 Å². The van der Waals surface area contributed by atoms with Gasteiger partial charge in [-0.1, -0.05) is 0 Å². The quantitative estimate of drug-likeness (QED) is 0.228. The predicted molar refractivity (Wildman–Crippen MR) is 14.2 cm³/mol. The van der Waals surface area contributed by atoms with E-state index in [1.54, 1.807) is 0 Å². The van der Waals surface area contributed by atoms with Gasteiger partial charge in [-0.3, -0.25) is 0 Å². The predicted octanol–water partition coefficient (Wildman–Crippen LogP) is 0.451. The van der Waals surface area contributed by atoms with Crippen LogP contribution in [0.4, 0.5) is 0 Å². The minimum atomic E-state index is 0. The van der Waals surface area contributed by atoms with Crippen LogP contribution in [0.3, 0.4) is 0 Å². The van der Waals surface area contributed by atoms with Gasteiger partial charge in [0.05, 0.1) is 0 Å². The summed E-state index contributed by atoms with van der Waals surface area (Å²) in [5.74, 6) is 2.00. The van der Waals surface area contributed by atoms with Crippen molar-refractivity contribution >= 4 is 0 Å². The Morgan fingerprint density at radius 2 is 1.75 bits per heavy atom. The topological polar surface area (TPSA) is 0 Å². The van der Waals surface area contributed by atoms with Gasteiger partial charge in [0, 0.05) is 21.7 Å². The van der Waals surface area contributed by atoms with Gasteiger partial charge < -0.3 is 12.3 Å². The van der Waals surface area contributed by atoms with E-state index in [0.717, 1.165) is 0 Å². The van der Waals surface area contributed by atoms with Crippen molar-refractivity contribution in [1.29, 1.82) is 0 Å². The van der Waals surface area contributed by atoms with Gasteiger partial charge in [-0.15, -0.1) is 0 Å². The molecular weight excluding hydrogens is 83.9 g/mol. The summed E-state index contributed by atoms with van der Waals surface area (Å²) in [5, 5.41) is 0. The molecule has 0 aliphatic heterocycles. The monoisotopic (exact) mass is 87.0 g/mol. The van der Waals surface area contributed by atoms with Crippen molar-refractivity contribution < 1.29 is 21.7 Å². The smallest absolute Gasteiger partial charge is 0 e. The fourth-order valence-electron chi connectivity index (χ4n) is 0. The van der Waals surface area contributed by atoms with Gasteiger partial charge in [0.15, 0.2) is 0 Å². The van der Waals surface area contributed by atoms with Crippen LogP contribution < -0.4 is 0 Å². The standard InChI is InChI=1S/C3H3.Ti/c1-3-2;/h1H,2H2;/q-1;. The number of terminal acetylenes is 1. The van der Waals surface area contributed by atoms with Gasteiger partial charge >= 0.3 is 0 Å². The third-order valence-corrected chi connectivity index (χ3v) is 0. The molecule has 0 radical (unpaired) electrons. The maximum Gasteiger partial charge on any atom is 0 e. The summed E-state index contributed by atoms with van der Waals surface area (Å²) in [6.07, 6.45) is 4.49. The van der Waals surface area contributed by atoms with Crippen molar-refractivity contribution in [3.63, 3.8) is 0 Å². The molecule has 0 aliphatic carbocycles. The molecule has 0 saturated heterocycles. The van der Waals surface area contributed by atoms with E-state index in [1.807, 2.05) is 5.92 Å². The summed E-state index contributed by atoms with van der Waals surface area (Å²) in [6, 6.07) is 0. The molecule has 0 atom stereocenters. The first kappa shape index (κ1) is 8.91. The average molecular weight is 86.9 g/mol. The molecule has 0 aromatic heterocycles. The van der Waals surface area contributed by atoms with Crippen molar-refractivity contribution in [1.82, 2.24) is 0 Å². The maximum atomic E-state index is 4.49. The summed E-state index contributed by atoms with van der Waals surface area (Å²) in [7, 11) is 0. The molecule has 0 nitrogen and oxygen atoms in total. The third-order valence-electron chi connectivity index (χ3n) is 0. The maximum absolute atomic E-state index is 4.49. The van der Waals surface area contributed by atoms with E-state index in [2.05, 4.69) is 13.3 Å². The average Bonchev–Trinajstić information content (AvgIpc) is 0.918. The molecule has 0 aromatic rings. The Morgan fingerprint density at radius 1 is 1.75 bits per heavy atom. The Balaban J connectivity index is 0. The van der Waals surface area contributed by atoms with Gasteiger partial charge in [0.2, 0.25) is 0 Å². The summed E-state index contributed by atoms with van der Waals surface area (Å²) in [5.41, 5.74) is 0. The van der Waals surface area contributed by atoms with Crippen molar-refractivity contribution in [2.75, 3.05) is 0 Å². The molecule has 0 unspecified atom stereocenters. The fourth-order valence-corrected chi connectivity index (χ4v) is 0. The van der Waals surface area contributed by atoms with Gasteiger partial charge in [-0.05, 0) is 0 Å². The Morgan fingerprint density at radius 3 is 1.75 bits per heavy atom. The summed E-state index contributed by atoms with van der Waals surface area (Å²) >= 11 is 0. The molecule has 20 valence electrons. The summed E-state index contributed by atoms with van der Waals surface area (Å²) < 4.78 is 0. The molecule has 0 bridgehead atoms. The molecule has 0 aliphatic rings. The van der Waals surface area contributed by atoms with Crippen molar-refractivity contribution in [3.8, 4) is 12.3 Å². The molecule has 0 heterocycles. The number of hydrogen-bond acceptors (Lipinski definition) is 0. The molecule has 4 heavy (non-hydrogen) atoms. The Kier molecular flexibility index (Phi) is 24.6. The third kappa shape index (κ3) is 135. The molecule has 1 heteroatoms. The first-order valence-electron chi connectivity index (χ1n) is 0.642. The van der Waals surface area contributed by atoms with Crippen LogP contribution in [0.5, 0.6) is 0 Å². The van der Waals surface area contributed by atoms with Gasteiger partial charge in [0.25, 0.3) is 0 Å². The van der Waals surface area contributed by atoms with Gasteiger partial charge in [-0.2, -0.15) is 6.92 Å². The zero-order valence-electron chi connectivity index (χ0n) is 2.28. The molecule has 0 fully saturated rings. The molecule has 0 rings (SSSR count). The first-order valence-corrected chi connectivity index (χ1v) is 0.642. The molecule has 0 amide bonds. The van der Waals surface area contributed by atoms with E-state index in [-0.39, 0.29) is 21.7 Å². The van der Waals surface area contributed by atoms with Crippen LogP contribution in [-0.4, -0.2) is 0 Å². The Bertz CT molecular complexity index is 24.8. The molecule has 0 aromatic carbocycles. The van der Waals surface area contributed by atoms with Crippen LogP contribution in [0.25, 0.3) is 0 Å². The molecule has 0 N–H and O–H groups in total. The van der Waals surface area contributed by atoms with Crippen LogP contribution in [0.1, 0.15) is 0 Å². The van der Waals surface area contributed by atoms with E-state index < -0.39 is 0 Å². The van der Waals surface area contributed by atoms with Crippen LogP contribution in [-0.2, 0) is 21.7 Å². The first-order chi connectivity index (χ1) is 1.41. The normalized spacial score (nSPS) is 1.75. The molecule has 0 saturated carbocycles. The Hall–Kier alpha value is 0.144. The fraction of sp³-hybridized carbons (Fsp3) is 0. The van der Waals surface area contributed by atoms with E-state index in [0.29, 0.717) is 0 Å². The second-order valence-corrected chi connectivity index (χ2v) is 0.204. The van der Waals surface area contributed by atoms with E-state index in [9.17, 15) is 0 Å². The number of rotatable bonds is 0. The van der Waals surface area contributed by atoms with Crippen LogP contribution >= 0.6 is 0 Å². The second-order valence-electron chi connectivity index (χ2n) is 0.204. The van der Waals surface area contributed by atoms with Crippen molar-refractivity contribution in [2.45, 2.75) is 0 Å². The minimum absolute atomic E-state index is 0. The van der Waals surface area contributed by atoms with Gasteiger partial charge in [-0.25, -0.2) is 0 Å². The van der Waals surface area contributed by atoms with Crippen LogP contribution in [0.2, 0.25) is 0 Å². The summed E-state index contributed by atoms with van der Waals surface area (Å²) in [6.45, 7) is 3.01. The van der Waals surface area contributed by atoms with Crippen molar-refractivity contribution in [3.05, 3.63) is 6.92 Å². The largest absolute Gasteiger partial charge is 0.345 e. The van der Waals surface area contributed by atoms with E-state index in [4.69, 9.17) is 0 Å². The van der Waals surface area contributed by atoms with Gasteiger partial charge in [0.1, 0.15) is 0 Å². The van der Waals surface area contributed by atoms with Crippen LogP contribution in [0.15, 0.2) is 0 Å². The van der Waals surface area contributed by atoms with Crippen molar-refractivity contribution in [2.24, 2.45) is 0 Å². The SMILES string of the molecule is C#C[CH2-].[Ti].